The van der Waals surface area contributed by atoms with Gasteiger partial charge < -0.3 is 24.6 Å². The van der Waals surface area contributed by atoms with Gasteiger partial charge in [0.15, 0.2) is 0 Å². The van der Waals surface area contributed by atoms with Gasteiger partial charge in [-0.1, -0.05) is 11.6 Å². The highest BCUT2D eigenvalue weighted by atomic mass is 16.5. The maximum atomic E-state index is 12.7. The first-order valence-electron chi connectivity index (χ1n) is 9.20. The minimum Gasteiger partial charge on any atom is -0.507 e. The zero-order chi connectivity index (χ0) is 21.0. The van der Waals surface area contributed by atoms with Gasteiger partial charge in [0, 0.05) is 24.7 Å². The summed E-state index contributed by atoms with van der Waals surface area (Å²) in [7, 11) is 3.03. The van der Waals surface area contributed by atoms with Crippen LogP contribution in [0.25, 0.3) is 6.08 Å². The van der Waals surface area contributed by atoms with Crippen molar-refractivity contribution in [3.63, 3.8) is 0 Å². The maximum Gasteiger partial charge on any atom is 0.340 e. The summed E-state index contributed by atoms with van der Waals surface area (Å²) >= 11 is 0. The molecule has 1 aliphatic heterocycles. The molecule has 2 aromatic carbocycles. The molecule has 1 heterocycles. The average Bonchev–Trinajstić information content (AvgIpc) is 2.73. The van der Waals surface area contributed by atoms with Crippen LogP contribution in [-0.2, 0) is 0 Å². The summed E-state index contributed by atoms with van der Waals surface area (Å²) in [5.74, 6) is -0.510. The van der Waals surface area contributed by atoms with Gasteiger partial charge in [-0.15, -0.1) is 0 Å². The SMILES string of the molecule is COc1ccc(C(=O)N2CCC(=Cc3cc(OC)cc(O)c3C(=O)O)CC2)cc1. The smallest absolute Gasteiger partial charge is 0.340 e. The van der Waals surface area contributed by atoms with Gasteiger partial charge in [0.1, 0.15) is 22.8 Å². The van der Waals surface area contributed by atoms with Gasteiger partial charge in [-0.05, 0) is 48.7 Å². The number of aromatic hydroxyl groups is 1. The van der Waals surface area contributed by atoms with Gasteiger partial charge in [-0.2, -0.15) is 0 Å². The van der Waals surface area contributed by atoms with Crippen molar-refractivity contribution in [2.24, 2.45) is 0 Å². The fraction of sp³-hybridized carbons (Fsp3) is 0.273. The molecule has 1 amide bonds. The Morgan fingerprint density at radius 2 is 1.62 bits per heavy atom. The number of carbonyl (C=O) groups is 2. The molecule has 29 heavy (non-hydrogen) atoms. The third-order valence-corrected chi connectivity index (χ3v) is 4.96. The van der Waals surface area contributed by atoms with E-state index < -0.39 is 5.97 Å². The number of likely N-dealkylation sites (tertiary alicyclic amines) is 1. The van der Waals surface area contributed by atoms with E-state index in [1.807, 2.05) is 0 Å². The molecule has 0 saturated carbocycles. The van der Waals surface area contributed by atoms with Crippen LogP contribution in [0.3, 0.4) is 0 Å². The molecular formula is C22H23NO6. The van der Waals surface area contributed by atoms with Crippen LogP contribution in [0.2, 0.25) is 0 Å². The summed E-state index contributed by atoms with van der Waals surface area (Å²) in [5.41, 5.74) is 1.84. The number of amides is 1. The van der Waals surface area contributed by atoms with Crippen LogP contribution >= 0.6 is 0 Å². The van der Waals surface area contributed by atoms with Crippen molar-refractivity contribution in [3.8, 4) is 17.2 Å². The van der Waals surface area contributed by atoms with Crippen LogP contribution in [0.1, 0.15) is 39.1 Å². The Bertz CT molecular complexity index is 939. The second-order valence-corrected chi connectivity index (χ2v) is 6.74. The first-order chi connectivity index (χ1) is 13.9. The third kappa shape index (κ3) is 4.51. The number of nitrogens with zero attached hydrogens (tertiary/aromatic N) is 1. The molecule has 152 valence electrons. The summed E-state index contributed by atoms with van der Waals surface area (Å²) in [4.78, 5) is 26.0. The van der Waals surface area contributed by atoms with E-state index in [2.05, 4.69) is 0 Å². The van der Waals surface area contributed by atoms with E-state index in [1.165, 1.54) is 13.2 Å². The predicted octanol–water partition coefficient (Wildman–Crippen LogP) is 3.43. The molecule has 0 bridgehead atoms. The normalized spacial score (nSPS) is 13.7. The van der Waals surface area contributed by atoms with E-state index in [-0.39, 0.29) is 17.2 Å². The molecule has 2 aromatic rings. The highest BCUT2D eigenvalue weighted by Gasteiger charge is 2.22. The number of ether oxygens (including phenoxy) is 2. The fourth-order valence-corrected chi connectivity index (χ4v) is 3.36. The van der Waals surface area contributed by atoms with Crippen LogP contribution in [0, 0.1) is 0 Å². The Balaban J connectivity index is 1.75. The van der Waals surface area contributed by atoms with E-state index in [0.29, 0.717) is 48.6 Å². The van der Waals surface area contributed by atoms with Gasteiger partial charge in [0.2, 0.25) is 0 Å². The zero-order valence-electron chi connectivity index (χ0n) is 16.3. The van der Waals surface area contributed by atoms with Crippen molar-refractivity contribution in [1.82, 2.24) is 4.90 Å². The van der Waals surface area contributed by atoms with Crippen molar-refractivity contribution in [3.05, 3.63) is 58.7 Å². The first kappa shape index (κ1) is 20.3. The Labute approximate surface area is 168 Å². The van der Waals surface area contributed by atoms with Crippen molar-refractivity contribution in [2.45, 2.75) is 12.8 Å². The molecule has 1 aliphatic rings. The maximum absolute atomic E-state index is 12.7. The topological polar surface area (TPSA) is 96.3 Å². The van der Waals surface area contributed by atoms with E-state index in [1.54, 1.807) is 48.4 Å². The molecule has 0 spiro atoms. The van der Waals surface area contributed by atoms with E-state index in [4.69, 9.17) is 9.47 Å². The Kier molecular flexibility index (Phi) is 6.07. The number of benzene rings is 2. The van der Waals surface area contributed by atoms with Crippen molar-refractivity contribution >= 4 is 18.0 Å². The molecule has 2 N–H and O–H groups in total. The number of carboxylic acids is 1. The largest absolute Gasteiger partial charge is 0.507 e. The van der Waals surface area contributed by atoms with Crippen molar-refractivity contribution < 1.29 is 29.3 Å². The highest BCUT2D eigenvalue weighted by Crippen LogP contribution is 2.31. The van der Waals surface area contributed by atoms with Crippen molar-refractivity contribution in [2.75, 3.05) is 27.3 Å². The lowest BCUT2D eigenvalue weighted by molar-refractivity contribution is 0.0692. The number of carbonyl (C=O) groups excluding carboxylic acids is 1. The number of hydrogen-bond donors (Lipinski definition) is 2. The van der Waals surface area contributed by atoms with E-state index >= 15 is 0 Å². The number of methoxy groups -OCH3 is 2. The van der Waals surface area contributed by atoms with Crippen molar-refractivity contribution in [1.29, 1.82) is 0 Å². The summed E-state index contributed by atoms with van der Waals surface area (Å²) in [6.07, 6.45) is 3.01. The molecule has 3 rings (SSSR count). The Morgan fingerprint density at radius 3 is 2.17 bits per heavy atom. The second-order valence-electron chi connectivity index (χ2n) is 6.74. The Hall–Kier alpha value is -3.48. The van der Waals surface area contributed by atoms with Gasteiger partial charge in [-0.3, -0.25) is 4.79 Å². The molecule has 7 heteroatoms. The number of hydrogen-bond acceptors (Lipinski definition) is 5. The minimum absolute atomic E-state index is 0.0445. The summed E-state index contributed by atoms with van der Waals surface area (Å²) in [5, 5.41) is 19.5. The van der Waals surface area contributed by atoms with Crippen LogP contribution in [0.15, 0.2) is 42.0 Å². The van der Waals surface area contributed by atoms with Gasteiger partial charge in [0.25, 0.3) is 5.91 Å². The molecular weight excluding hydrogens is 374 g/mol. The fourth-order valence-electron chi connectivity index (χ4n) is 3.36. The lowest BCUT2D eigenvalue weighted by Gasteiger charge is -2.28. The predicted molar refractivity (Wildman–Crippen MR) is 108 cm³/mol. The molecule has 0 aromatic heterocycles. The zero-order valence-corrected chi connectivity index (χ0v) is 16.3. The lowest BCUT2D eigenvalue weighted by Crippen LogP contribution is -2.36. The molecule has 0 aliphatic carbocycles. The average molecular weight is 397 g/mol. The standard InChI is InChI=1S/C22H23NO6/c1-28-17-5-3-15(4-6-17)21(25)23-9-7-14(8-10-23)11-16-12-18(29-2)13-19(24)20(16)22(26)27/h3-6,11-13,24H,7-10H2,1-2H3,(H,26,27). The van der Waals surface area contributed by atoms with Gasteiger partial charge in [0.05, 0.1) is 14.2 Å². The van der Waals surface area contributed by atoms with Crippen LogP contribution < -0.4 is 9.47 Å². The Morgan fingerprint density at radius 1 is 1.00 bits per heavy atom. The molecule has 0 unspecified atom stereocenters. The molecule has 0 radical (unpaired) electrons. The number of aromatic carboxylic acids is 1. The summed E-state index contributed by atoms with van der Waals surface area (Å²) < 4.78 is 10.2. The molecule has 1 saturated heterocycles. The number of rotatable bonds is 5. The van der Waals surface area contributed by atoms with Gasteiger partial charge >= 0.3 is 5.97 Å². The third-order valence-electron chi connectivity index (χ3n) is 4.96. The molecule has 0 atom stereocenters. The van der Waals surface area contributed by atoms with Crippen LogP contribution in [-0.4, -0.2) is 54.3 Å². The molecule has 7 nitrogen and oxygen atoms in total. The quantitative estimate of drug-likeness (QED) is 0.803. The van der Waals surface area contributed by atoms with Crippen LogP contribution in [0.5, 0.6) is 17.2 Å². The van der Waals surface area contributed by atoms with E-state index in [0.717, 1.165) is 5.57 Å². The minimum atomic E-state index is -1.20. The number of piperidine rings is 1. The van der Waals surface area contributed by atoms with Gasteiger partial charge in [-0.25, -0.2) is 4.79 Å². The summed E-state index contributed by atoms with van der Waals surface area (Å²) in [6, 6.07) is 9.86. The lowest BCUT2D eigenvalue weighted by atomic mass is 9.97. The number of carboxylic acid groups (broad SMARTS) is 1. The summed E-state index contributed by atoms with van der Waals surface area (Å²) in [6.45, 7) is 1.07. The monoisotopic (exact) mass is 397 g/mol. The molecule has 1 fully saturated rings. The number of phenols is 1. The van der Waals surface area contributed by atoms with E-state index in [9.17, 15) is 19.8 Å². The first-order valence-corrected chi connectivity index (χ1v) is 9.20. The van der Waals surface area contributed by atoms with Crippen LogP contribution in [0.4, 0.5) is 0 Å². The second kappa shape index (κ2) is 8.68. The highest BCUT2D eigenvalue weighted by molar-refractivity contribution is 5.96.